The molecule has 0 saturated heterocycles. The second-order valence-electron chi connectivity index (χ2n) is 5.40. The fourth-order valence-corrected chi connectivity index (χ4v) is 3.80. The number of hydrogen-bond donors (Lipinski definition) is 1. The molecule has 1 amide bonds. The summed E-state index contributed by atoms with van der Waals surface area (Å²) in [6.07, 6.45) is 2.56. The van der Waals surface area contributed by atoms with Crippen molar-refractivity contribution in [2.45, 2.75) is 25.0 Å². The predicted molar refractivity (Wildman–Crippen MR) is 109 cm³/mol. The zero-order valence-corrected chi connectivity index (χ0v) is 16.9. The van der Waals surface area contributed by atoms with Gasteiger partial charge in [0.15, 0.2) is 11.0 Å². The van der Waals surface area contributed by atoms with Crippen molar-refractivity contribution in [1.29, 1.82) is 0 Å². The Labute approximate surface area is 169 Å². The number of benzene rings is 1. The summed E-state index contributed by atoms with van der Waals surface area (Å²) in [7, 11) is 0. The van der Waals surface area contributed by atoms with E-state index in [1.807, 2.05) is 23.6 Å². The van der Waals surface area contributed by atoms with Crippen molar-refractivity contribution in [3.63, 3.8) is 0 Å². The molecule has 140 valence electrons. The lowest BCUT2D eigenvalue weighted by molar-refractivity contribution is -0.113. The standard InChI is InChI=1S/C17H17ClN6OS2/c1-3-9-24-15(11-5-7-12(18)8-6-11)21-23-17(24)26-10-13(25)19-16-22-20-14(4-2)27-16/h3,5-8H,1,4,9-10H2,2H3,(H,19,22,25). The number of hydrogen-bond acceptors (Lipinski definition) is 7. The molecule has 0 atom stereocenters. The number of halogens is 1. The average Bonchev–Trinajstić information content (AvgIpc) is 3.28. The molecule has 1 N–H and O–H groups in total. The molecule has 2 heterocycles. The smallest absolute Gasteiger partial charge is 0.236 e. The number of allylic oxidation sites excluding steroid dienone is 1. The molecule has 0 bridgehead atoms. The molecule has 0 spiro atoms. The Morgan fingerprint density at radius 1 is 1.30 bits per heavy atom. The van der Waals surface area contributed by atoms with E-state index in [1.54, 1.807) is 18.2 Å². The number of aromatic nitrogens is 5. The van der Waals surface area contributed by atoms with Crippen molar-refractivity contribution in [2.75, 3.05) is 11.1 Å². The Kier molecular flexibility index (Phi) is 6.59. The second-order valence-corrected chi connectivity index (χ2v) is 7.84. The molecule has 27 heavy (non-hydrogen) atoms. The van der Waals surface area contributed by atoms with Gasteiger partial charge < -0.3 is 0 Å². The maximum absolute atomic E-state index is 12.2. The summed E-state index contributed by atoms with van der Waals surface area (Å²) in [6.45, 7) is 6.31. The largest absolute Gasteiger partial charge is 0.300 e. The molecule has 0 fully saturated rings. The number of nitrogens with zero attached hydrogens (tertiary/aromatic N) is 5. The van der Waals surface area contributed by atoms with E-state index >= 15 is 0 Å². The number of carbonyl (C=O) groups is 1. The van der Waals surface area contributed by atoms with Crippen LogP contribution in [0.3, 0.4) is 0 Å². The molecule has 0 saturated carbocycles. The summed E-state index contributed by atoms with van der Waals surface area (Å²) >= 11 is 8.63. The highest BCUT2D eigenvalue weighted by atomic mass is 35.5. The molecule has 3 aromatic rings. The first-order valence-corrected chi connectivity index (χ1v) is 10.3. The molecular formula is C17H17ClN6OS2. The number of rotatable bonds is 8. The summed E-state index contributed by atoms with van der Waals surface area (Å²) in [5.74, 6) is 0.725. The highest BCUT2D eigenvalue weighted by Crippen LogP contribution is 2.25. The van der Waals surface area contributed by atoms with Crippen LogP contribution in [-0.2, 0) is 17.8 Å². The Morgan fingerprint density at radius 2 is 2.07 bits per heavy atom. The molecule has 0 radical (unpaired) electrons. The van der Waals surface area contributed by atoms with Gasteiger partial charge in [0.25, 0.3) is 0 Å². The van der Waals surface area contributed by atoms with E-state index in [4.69, 9.17) is 11.6 Å². The van der Waals surface area contributed by atoms with Crippen LogP contribution in [0.1, 0.15) is 11.9 Å². The molecule has 7 nitrogen and oxygen atoms in total. The first-order valence-electron chi connectivity index (χ1n) is 8.15. The second kappa shape index (κ2) is 9.12. The van der Waals surface area contributed by atoms with Crippen molar-refractivity contribution in [2.24, 2.45) is 0 Å². The van der Waals surface area contributed by atoms with Gasteiger partial charge >= 0.3 is 0 Å². The molecule has 0 aliphatic rings. The summed E-state index contributed by atoms with van der Waals surface area (Å²) in [5.41, 5.74) is 0.894. The van der Waals surface area contributed by atoms with Crippen molar-refractivity contribution in [3.8, 4) is 11.4 Å². The topological polar surface area (TPSA) is 85.6 Å². The summed E-state index contributed by atoms with van der Waals surface area (Å²) in [5, 5.41) is 21.9. The van der Waals surface area contributed by atoms with E-state index in [0.717, 1.165) is 17.0 Å². The fourth-order valence-electron chi connectivity index (χ4n) is 2.23. The van der Waals surface area contributed by atoms with Crippen LogP contribution in [0.15, 0.2) is 42.1 Å². The number of aryl methyl sites for hydroxylation is 1. The minimum absolute atomic E-state index is 0.167. The van der Waals surface area contributed by atoms with E-state index in [9.17, 15) is 4.79 Å². The van der Waals surface area contributed by atoms with Gasteiger partial charge in [0.05, 0.1) is 5.75 Å². The molecule has 2 aromatic heterocycles. The highest BCUT2D eigenvalue weighted by Gasteiger charge is 2.15. The fraction of sp³-hybridized carbons (Fsp3) is 0.235. The van der Waals surface area contributed by atoms with Crippen LogP contribution in [0.25, 0.3) is 11.4 Å². The van der Waals surface area contributed by atoms with Crippen LogP contribution < -0.4 is 5.32 Å². The third kappa shape index (κ3) is 4.94. The summed E-state index contributed by atoms with van der Waals surface area (Å²) in [6, 6.07) is 7.37. The Hall–Kier alpha value is -2.23. The number of thioether (sulfide) groups is 1. The highest BCUT2D eigenvalue weighted by molar-refractivity contribution is 7.99. The van der Waals surface area contributed by atoms with Gasteiger partial charge in [-0.2, -0.15) is 0 Å². The Bertz CT molecular complexity index is 937. The summed E-state index contributed by atoms with van der Waals surface area (Å²) < 4.78 is 1.91. The first kappa shape index (κ1) is 19.5. The average molecular weight is 421 g/mol. The quantitative estimate of drug-likeness (QED) is 0.439. The third-order valence-electron chi connectivity index (χ3n) is 3.48. The van der Waals surface area contributed by atoms with Gasteiger partial charge in [0.2, 0.25) is 11.0 Å². The van der Waals surface area contributed by atoms with E-state index in [-0.39, 0.29) is 11.7 Å². The van der Waals surface area contributed by atoms with Gasteiger partial charge in [-0.25, -0.2) is 0 Å². The monoisotopic (exact) mass is 420 g/mol. The molecule has 0 aliphatic heterocycles. The Morgan fingerprint density at radius 3 is 2.74 bits per heavy atom. The van der Waals surface area contributed by atoms with Crippen LogP contribution >= 0.6 is 34.7 Å². The van der Waals surface area contributed by atoms with Crippen LogP contribution in [0.5, 0.6) is 0 Å². The van der Waals surface area contributed by atoms with Crippen LogP contribution in [-0.4, -0.2) is 36.6 Å². The minimum Gasteiger partial charge on any atom is -0.300 e. The summed E-state index contributed by atoms with van der Waals surface area (Å²) in [4.78, 5) is 12.2. The Balaban J connectivity index is 1.69. The van der Waals surface area contributed by atoms with Crippen LogP contribution in [0.2, 0.25) is 5.02 Å². The molecule has 3 rings (SSSR count). The SMILES string of the molecule is C=CCn1c(SCC(=O)Nc2nnc(CC)s2)nnc1-c1ccc(Cl)cc1. The van der Waals surface area contributed by atoms with Crippen molar-refractivity contribution in [3.05, 3.63) is 47.0 Å². The van der Waals surface area contributed by atoms with Crippen LogP contribution in [0, 0.1) is 0 Å². The number of amides is 1. The van der Waals surface area contributed by atoms with Crippen LogP contribution in [0.4, 0.5) is 5.13 Å². The van der Waals surface area contributed by atoms with Gasteiger partial charge in [0.1, 0.15) is 5.01 Å². The van der Waals surface area contributed by atoms with Gasteiger partial charge in [-0.05, 0) is 30.7 Å². The lowest BCUT2D eigenvalue weighted by atomic mass is 10.2. The normalized spacial score (nSPS) is 10.7. The zero-order chi connectivity index (χ0) is 19.2. The van der Waals surface area contributed by atoms with Gasteiger partial charge in [0, 0.05) is 17.1 Å². The number of anilines is 1. The van der Waals surface area contributed by atoms with Crippen molar-refractivity contribution >= 4 is 45.7 Å². The van der Waals surface area contributed by atoms with Crippen molar-refractivity contribution < 1.29 is 4.79 Å². The van der Waals surface area contributed by atoms with E-state index < -0.39 is 0 Å². The number of carbonyl (C=O) groups excluding carboxylic acids is 1. The molecular weight excluding hydrogens is 404 g/mol. The molecule has 10 heteroatoms. The lowest BCUT2D eigenvalue weighted by Gasteiger charge is -2.07. The maximum Gasteiger partial charge on any atom is 0.236 e. The van der Waals surface area contributed by atoms with Gasteiger partial charge in [-0.3, -0.25) is 14.7 Å². The van der Waals surface area contributed by atoms with Crippen molar-refractivity contribution in [1.82, 2.24) is 25.0 Å². The van der Waals surface area contributed by atoms with Gasteiger partial charge in [-0.15, -0.1) is 27.0 Å². The van der Waals surface area contributed by atoms with E-state index in [2.05, 4.69) is 32.3 Å². The lowest BCUT2D eigenvalue weighted by Crippen LogP contribution is -2.14. The molecule has 0 aliphatic carbocycles. The van der Waals surface area contributed by atoms with E-state index in [1.165, 1.54) is 23.1 Å². The molecule has 1 aromatic carbocycles. The minimum atomic E-state index is -0.167. The maximum atomic E-state index is 12.2. The zero-order valence-electron chi connectivity index (χ0n) is 14.6. The first-order chi connectivity index (χ1) is 13.1. The predicted octanol–water partition coefficient (Wildman–Crippen LogP) is 3.93. The van der Waals surface area contributed by atoms with Gasteiger partial charge in [-0.1, -0.05) is 47.7 Å². The third-order valence-corrected chi connectivity index (χ3v) is 5.68. The number of nitrogens with one attached hydrogen (secondary N) is 1. The van der Waals surface area contributed by atoms with E-state index in [0.29, 0.717) is 27.7 Å². The molecule has 0 unspecified atom stereocenters.